The molecule has 0 aliphatic heterocycles. The lowest BCUT2D eigenvalue weighted by atomic mass is 9.66. The number of hydrogen-bond donors (Lipinski definition) is 3. The summed E-state index contributed by atoms with van der Waals surface area (Å²) in [4.78, 5) is 25.2. The van der Waals surface area contributed by atoms with Crippen LogP contribution in [0.3, 0.4) is 0 Å². The van der Waals surface area contributed by atoms with Crippen LogP contribution in [0.4, 0.5) is 0 Å². The van der Waals surface area contributed by atoms with Crippen LogP contribution < -0.4 is 15.0 Å². The van der Waals surface area contributed by atoms with E-state index >= 15 is 0 Å². The number of carbonyl (C=O) groups excluding carboxylic acids is 1. The van der Waals surface area contributed by atoms with Crippen molar-refractivity contribution in [1.82, 2.24) is 10.2 Å². The first-order valence-corrected chi connectivity index (χ1v) is 8.74. The summed E-state index contributed by atoms with van der Waals surface area (Å²) in [6.45, 7) is 3.46. The number of aromatic nitrogens is 2. The molecule has 0 unspecified atom stereocenters. The third-order valence-corrected chi connectivity index (χ3v) is 5.05. The molecular formula is C19H24N2O6. The summed E-state index contributed by atoms with van der Waals surface area (Å²) in [5.74, 6) is -1.19. The van der Waals surface area contributed by atoms with Crippen LogP contribution in [-0.2, 0) is 16.0 Å². The lowest BCUT2D eigenvalue weighted by Crippen LogP contribution is -2.50. The van der Waals surface area contributed by atoms with E-state index in [0.717, 1.165) is 0 Å². The highest BCUT2D eigenvalue weighted by Gasteiger charge is 2.51. The molecule has 0 radical (unpaired) electrons. The van der Waals surface area contributed by atoms with Crippen LogP contribution in [0.1, 0.15) is 36.6 Å². The van der Waals surface area contributed by atoms with Gasteiger partial charge in [-0.2, -0.15) is 0 Å². The van der Waals surface area contributed by atoms with E-state index in [-0.39, 0.29) is 18.6 Å². The van der Waals surface area contributed by atoms with Gasteiger partial charge in [0.15, 0.2) is 11.5 Å². The van der Waals surface area contributed by atoms with Crippen LogP contribution >= 0.6 is 0 Å². The summed E-state index contributed by atoms with van der Waals surface area (Å²) < 4.78 is 15.9. The SMILES string of the molecule is CCOC(=O)[C@@H]1[C@H](c2ccc(OC)c(OC)c2)c2c([nH][nH]c2=O)C[C@]1(C)O. The maximum absolute atomic E-state index is 12.8. The second kappa shape index (κ2) is 7.11. The van der Waals surface area contributed by atoms with Crippen molar-refractivity contribution in [3.8, 4) is 11.5 Å². The number of carbonyl (C=O) groups is 1. The summed E-state index contributed by atoms with van der Waals surface area (Å²) in [6, 6.07) is 5.18. The summed E-state index contributed by atoms with van der Waals surface area (Å²) in [5.41, 5.74) is -0.0777. The van der Waals surface area contributed by atoms with E-state index in [1.807, 2.05) is 0 Å². The molecule has 0 amide bonds. The average Bonchev–Trinajstić information content (AvgIpc) is 2.99. The standard InChI is InChI=1S/C19H24N2O6/c1-5-27-18(23)16-14(10-6-7-12(25-3)13(8-10)26-4)15-11(9-19(16,2)24)20-21-17(15)22/h6-8,14,16,24H,5,9H2,1-4H3,(H2,20,21,22)/t14-,16+,19+/m1/s1. The van der Waals surface area contributed by atoms with Crippen LogP contribution in [0.2, 0.25) is 0 Å². The number of fused-ring (bicyclic) bond motifs is 1. The molecule has 3 rings (SSSR count). The third-order valence-electron chi connectivity index (χ3n) is 5.05. The fourth-order valence-corrected chi connectivity index (χ4v) is 3.89. The number of rotatable bonds is 5. The van der Waals surface area contributed by atoms with Crippen LogP contribution in [0.25, 0.3) is 0 Å². The van der Waals surface area contributed by atoms with Crippen LogP contribution in [-0.4, -0.2) is 47.7 Å². The van der Waals surface area contributed by atoms with E-state index in [1.54, 1.807) is 32.0 Å². The van der Waals surface area contributed by atoms with Crippen molar-refractivity contribution in [2.75, 3.05) is 20.8 Å². The molecule has 1 heterocycles. The molecule has 0 bridgehead atoms. The zero-order valence-electron chi connectivity index (χ0n) is 15.8. The smallest absolute Gasteiger partial charge is 0.312 e. The van der Waals surface area contributed by atoms with Gasteiger partial charge in [0.1, 0.15) is 0 Å². The van der Waals surface area contributed by atoms with Crippen LogP contribution in [0.15, 0.2) is 23.0 Å². The van der Waals surface area contributed by atoms with E-state index in [0.29, 0.717) is 28.3 Å². The number of H-pyrrole nitrogens is 2. The van der Waals surface area contributed by atoms with Crippen molar-refractivity contribution in [2.24, 2.45) is 5.92 Å². The van der Waals surface area contributed by atoms with E-state index in [4.69, 9.17) is 14.2 Å². The van der Waals surface area contributed by atoms with Gasteiger partial charge in [0.25, 0.3) is 5.56 Å². The zero-order chi connectivity index (χ0) is 19.8. The van der Waals surface area contributed by atoms with Crippen molar-refractivity contribution < 1.29 is 24.1 Å². The summed E-state index contributed by atoms with van der Waals surface area (Å²) in [6.07, 6.45) is 0.133. The molecule has 146 valence electrons. The Morgan fingerprint density at radius 2 is 1.96 bits per heavy atom. The molecular weight excluding hydrogens is 352 g/mol. The van der Waals surface area contributed by atoms with Gasteiger partial charge in [0.2, 0.25) is 0 Å². The van der Waals surface area contributed by atoms with Gasteiger partial charge in [-0.15, -0.1) is 0 Å². The topological polar surface area (TPSA) is 114 Å². The molecule has 8 heteroatoms. The minimum Gasteiger partial charge on any atom is -0.493 e. The molecule has 1 aliphatic rings. The molecule has 27 heavy (non-hydrogen) atoms. The Morgan fingerprint density at radius 1 is 1.26 bits per heavy atom. The average molecular weight is 376 g/mol. The van der Waals surface area contributed by atoms with Crippen molar-refractivity contribution in [1.29, 1.82) is 0 Å². The van der Waals surface area contributed by atoms with Crippen LogP contribution in [0.5, 0.6) is 11.5 Å². The highest BCUT2D eigenvalue weighted by molar-refractivity contribution is 5.77. The van der Waals surface area contributed by atoms with Crippen molar-refractivity contribution in [3.63, 3.8) is 0 Å². The second-order valence-electron chi connectivity index (χ2n) is 6.83. The normalized spacial score (nSPS) is 24.2. The minimum atomic E-state index is -1.40. The second-order valence-corrected chi connectivity index (χ2v) is 6.83. The highest BCUT2D eigenvalue weighted by Crippen LogP contribution is 2.46. The van der Waals surface area contributed by atoms with E-state index in [2.05, 4.69) is 10.2 Å². The van der Waals surface area contributed by atoms with Gasteiger partial charge in [-0.25, -0.2) is 0 Å². The number of benzene rings is 1. The Hall–Kier alpha value is -2.74. The maximum atomic E-state index is 12.8. The van der Waals surface area contributed by atoms with E-state index < -0.39 is 23.4 Å². The largest absolute Gasteiger partial charge is 0.493 e. The lowest BCUT2D eigenvalue weighted by Gasteiger charge is -2.40. The van der Waals surface area contributed by atoms with Gasteiger partial charge in [-0.3, -0.25) is 14.7 Å². The minimum absolute atomic E-state index is 0.133. The Morgan fingerprint density at radius 3 is 2.59 bits per heavy atom. The molecule has 0 spiro atoms. The van der Waals surface area contributed by atoms with Crippen molar-refractivity contribution >= 4 is 5.97 Å². The first-order valence-electron chi connectivity index (χ1n) is 8.74. The molecule has 0 fully saturated rings. The summed E-state index contributed by atoms with van der Waals surface area (Å²) in [5, 5.41) is 16.4. The first-order chi connectivity index (χ1) is 12.8. The fraction of sp³-hybridized carbons (Fsp3) is 0.474. The molecule has 0 saturated heterocycles. The van der Waals surface area contributed by atoms with Crippen LogP contribution in [0, 0.1) is 5.92 Å². The summed E-state index contributed by atoms with van der Waals surface area (Å²) >= 11 is 0. The van der Waals surface area contributed by atoms with Gasteiger partial charge in [0, 0.05) is 23.6 Å². The van der Waals surface area contributed by atoms with Crippen molar-refractivity contribution in [3.05, 3.63) is 45.4 Å². The molecule has 1 aliphatic carbocycles. The lowest BCUT2D eigenvalue weighted by molar-refractivity contribution is -0.159. The number of methoxy groups -OCH3 is 2. The molecule has 3 N–H and O–H groups in total. The Bertz CT molecular complexity index is 898. The Labute approximate surface area is 156 Å². The number of aromatic amines is 2. The quantitative estimate of drug-likeness (QED) is 0.679. The molecule has 2 aromatic rings. The fourth-order valence-electron chi connectivity index (χ4n) is 3.89. The predicted octanol–water partition coefficient (Wildman–Crippen LogP) is 1.34. The van der Waals surface area contributed by atoms with Gasteiger partial charge < -0.3 is 24.4 Å². The number of nitrogens with one attached hydrogen (secondary N) is 2. The van der Waals surface area contributed by atoms with Gasteiger partial charge in [-0.1, -0.05) is 6.07 Å². The first kappa shape index (κ1) is 19.0. The summed E-state index contributed by atoms with van der Waals surface area (Å²) in [7, 11) is 3.04. The molecule has 1 aromatic heterocycles. The van der Waals surface area contributed by atoms with Gasteiger partial charge in [-0.05, 0) is 31.5 Å². The predicted molar refractivity (Wildman–Crippen MR) is 97.3 cm³/mol. The van der Waals surface area contributed by atoms with Gasteiger partial charge in [0.05, 0.1) is 32.3 Å². The molecule has 1 aromatic carbocycles. The Balaban J connectivity index is 2.22. The highest BCUT2D eigenvalue weighted by atomic mass is 16.5. The number of esters is 1. The third kappa shape index (κ3) is 3.21. The molecule has 0 saturated carbocycles. The number of ether oxygens (including phenoxy) is 3. The number of hydrogen-bond acceptors (Lipinski definition) is 6. The Kier molecular flexibility index (Phi) is 5.01. The van der Waals surface area contributed by atoms with Crippen molar-refractivity contribution in [2.45, 2.75) is 31.8 Å². The maximum Gasteiger partial charge on any atom is 0.312 e. The van der Waals surface area contributed by atoms with E-state index in [1.165, 1.54) is 14.2 Å². The van der Waals surface area contributed by atoms with Gasteiger partial charge >= 0.3 is 5.97 Å². The molecule has 8 nitrogen and oxygen atoms in total. The van der Waals surface area contributed by atoms with E-state index in [9.17, 15) is 14.7 Å². The monoisotopic (exact) mass is 376 g/mol. The zero-order valence-corrected chi connectivity index (χ0v) is 15.8. The number of aliphatic hydroxyl groups is 1. The molecule has 3 atom stereocenters.